The minimum Gasteiger partial charge on any atom is -0.495 e. The number of anilines is 1. The van der Waals surface area contributed by atoms with Gasteiger partial charge < -0.3 is 15.2 Å². The summed E-state index contributed by atoms with van der Waals surface area (Å²) in [7, 11) is 3.31. The summed E-state index contributed by atoms with van der Waals surface area (Å²) in [6, 6.07) is 3.09. The summed E-state index contributed by atoms with van der Waals surface area (Å²) in [4.78, 5) is 13.9. The lowest BCUT2D eigenvalue weighted by molar-refractivity contribution is -0.120. The average molecular weight is 301 g/mol. The molecule has 5 nitrogen and oxygen atoms in total. The molecule has 1 rings (SSSR count). The van der Waals surface area contributed by atoms with E-state index in [-0.39, 0.29) is 18.6 Å². The van der Waals surface area contributed by atoms with Gasteiger partial charge in [-0.25, -0.2) is 0 Å². The minimum absolute atomic E-state index is 0.0114. The second-order valence-corrected chi connectivity index (χ2v) is 5.08. The number of methoxy groups -OCH3 is 1. The van der Waals surface area contributed by atoms with Gasteiger partial charge in [-0.2, -0.15) is 0 Å². The molecule has 112 valence electrons. The van der Waals surface area contributed by atoms with E-state index in [1.54, 1.807) is 31.0 Å². The van der Waals surface area contributed by atoms with E-state index in [2.05, 4.69) is 5.32 Å². The lowest BCUT2D eigenvalue weighted by Crippen LogP contribution is -2.40. The third-order valence-electron chi connectivity index (χ3n) is 3.23. The van der Waals surface area contributed by atoms with Crippen LogP contribution >= 0.6 is 11.6 Å². The number of halogens is 1. The lowest BCUT2D eigenvalue weighted by Gasteiger charge is -2.23. The molecule has 0 spiro atoms. The lowest BCUT2D eigenvalue weighted by atomic mass is 10.2. The van der Waals surface area contributed by atoms with E-state index >= 15 is 0 Å². The summed E-state index contributed by atoms with van der Waals surface area (Å²) in [5, 5.41) is 12.3. The van der Waals surface area contributed by atoms with Crippen molar-refractivity contribution >= 4 is 23.2 Å². The number of aryl methyl sites for hydroxylation is 1. The first kappa shape index (κ1) is 16.8. The van der Waals surface area contributed by atoms with Gasteiger partial charge in [0.25, 0.3) is 0 Å². The van der Waals surface area contributed by atoms with Crippen molar-refractivity contribution in [2.45, 2.75) is 19.9 Å². The average Bonchev–Trinajstić information content (AvgIpc) is 2.41. The van der Waals surface area contributed by atoms with E-state index in [0.717, 1.165) is 5.56 Å². The quantitative estimate of drug-likeness (QED) is 0.842. The van der Waals surface area contributed by atoms with Crippen molar-refractivity contribution in [3.05, 3.63) is 22.7 Å². The number of hydrogen-bond acceptors (Lipinski definition) is 4. The number of hydrogen-bond donors (Lipinski definition) is 2. The minimum atomic E-state index is -0.358. The van der Waals surface area contributed by atoms with Crippen molar-refractivity contribution in [3.8, 4) is 5.75 Å². The van der Waals surface area contributed by atoms with E-state index in [1.807, 2.05) is 6.92 Å². The predicted octanol–water partition coefficient (Wildman–Crippen LogP) is 1.91. The zero-order valence-corrected chi connectivity index (χ0v) is 13.0. The van der Waals surface area contributed by atoms with Crippen LogP contribution in [0, 0.1) is 6.92 Å². The third kappa shape index (κ3) is 4.10. The zero-order valence-electron chi connectivity index (χ0n) is 12.2. The van der Waals surface area contributed by atoms with Crippen LogP contribution in [0.5, 0.6) is 5.75 Å². The number of aliphatic hydroxyl groups excluding tert-OH is 1. The van der Waals surface area contributed by atoms with Crippen molar-refractivity contribution in [2.24, 2.45) is 0 Å². The smallest absolute Gasteiger partial charge is 0.241 e. The Morgan fingerprint density at radius 1 is 1.55 bits per heavy atom. The van der Waals surface area contributed by atoms with Crippen LogP contribution in [0.3, 0.4) is 0 Å². The Hall–Kier alpha value is -1.30. The molecule has 1 aromatic carbocycles. The summed E-state index contributed by atoms with van der Waals surface area (Å²) in [6.45, 7) is 4.09. The number of amides is 1. The van der Waals surface area contributed by atoms with Crippen LogP contribution in [-0.2, 0) is 4.79 Å². The van der Waals surface area contributed by atoms with E-state index in [1.165, 1.54) is 7.11 Å². The topological polar surface area (TPSA) is 61.8 Å². The molecule has 1 unspecified atom stereocenters. The zero-order chi connectivity index (χ0) is 15.3. The Bertz CT molecular complexity index is 480. The summed E-state index contributed by atoms with van der Waals surface area (Å²) in [6.07, 6.45) is 0. The van der Waals surface area contributed by atoms with Gasteiger partial charge in [-0.3, -0.25) is 9.69 Å². The van der Waals surface area contributed by atoms with Gasteiger partial charge in [-0.05, 0) is 32.5 Å². The van der Waals surface area contributed by atoms with Crippen molar-refractivity contribution in [3.63, 3.8) is 0 Å². The first-order valence-electron chi connectivity index (χ1n) is 6.36. The summed E-state index contributed by atoms with van der Waals surface area (Å²) in [5.74, 6) is 0.354. The molecular weight excluding hydrogens is 280 g/mol. The summed E-state index contributed by atoms with van der Waals surface area (Å²) >= 11 is 6.03. The van der Waals surface area contributed by atoms with Gasteiger partial charge in [0.15, 0.2) is 0 Å². The van der Waals surface area contributed by atoms with Gasteiger partial charge >= 0.3 is 0 Å². The van der Waals surface area contributed by atoms with E-state index < -0.39 is 0 Å². The Labute approximate surface area is 124 Å². The fourth-order valence-corrected chi connectivity index (χ4v) is 1.87. The summed E-state index contributed by atoms with van der Waals surface area (Å²) in [5.41, 5.74) is 1.45. The number of aliphatic hydroxyl groups is 1. The molecule has 1 atom stereocenters. The fourth-order valence-electron chi connectivity index (χ4n) is 1.72. The first-order valence-corrected chi connectivity index (χ1v) is 6.74. The molecule has 0 aliphatic heterocycles. The highest BCUT2D eigenvalue weighted by Crippen LogP contribution is 2.31. The number of carbonyl (C=O) groups is 1. The second kappa shape index (κ2) is 7.47. The van der Waals surface area contributed by atoms with Crippen LogP contribution in [0.4, 0.5) is 5.69 Å². The van der Waals surface area contributed by atoms with Crippen molar-refractivity contribution in [2.75, 3.05) is 32.6 Å². The SMILES string of the molecule is COc1cc(Cl)c(C)cc1NC(=O)C(C)N(C)CCO. The van der Waals surface area contributed by atoms with Crippen LogP contribution < -0.4 is 10.1 Å². The van der Waals surface area contributed by atoms with Crippen molar-refractivity contribution < 1.29 is 14.6 Å². The van der Waals surface area contributed by atoms with Gasteiger partial charge in [-0.15, -0.1) is 0 Å². The van der Waals surface area contributed by atoms with Crippen LogP contribution in [-0.4, -0.2) is 49.3 Å². The molecule has 0 aromatic heterocycles. The molecule has 0 saturated heterocycles. The molecule has 20 heavy (non-hydrogen) atoms. The third-order valence-corrected chi connectivity index (χ3v) is 3.64. The molecule has 0 fully saturated rings. The second-order valence-electron chi connectivity index (χ2n) is 4.67. The maximum Gasteiger partial charge on any atom is 0.241 e. The van der Waals surface area contributed by atoms with E-state index in [9.17, 15) is 4.79 Å². The Balaban J connectivity index is 2.87. The molecule has 0 heterocycles. The Kier molecular flexibility index (Phi) is 6.26. The highest BCUT2D eigenvalue weighted by atomic mass is 35.5. The molecule has 6 heteroatoms. The van der Waals surface area contributed by atoms with Gasteiger partial charge in [0.2, 0.25) is 5.91 Å². The van der Waals surface area contributed by atoms with Crippen LogP contribution in [0.2, 0.25) is 5.02 Å². The monoisotopic (exact) mass is 300 g/mol. The molecule has 1 aromatic rings. The van der Waals surface area contributed by atoms with Crippen LogP contribution in [0.15, 0.2) is 12.1 Å². The highest BCUT2D eigenvalue weighted by Gasteiger charge is 2.19. The fraction of sp³-hybridized carbons (Fsp3) is 0.500. The van der Waals surface area contributed by atoms with Gasteiger partial charge in [-0.1, -0.05) is 11.6 Å². The largest absolute Gasteiger partial charge is 0.495 e. The van der Waals surface area contributed by atoms with E-state index in [4.69, 9.17) is 21.4 Å². The standard InChI is InChI=1S/C14H21ClN2O3/c1-9-7-12(13(20-4)8-11(9)15)16-14(19)10(2)17(3)5-6-18/h7-8,10,18H,5-6H2,1-4H3,(H,16,19). The molecule has 0 saturated carbocycles. The molecule has 2 N–H and O–H groups in total. The van der Waals surface area contributed by atoms with Crippen LogP contribution in [0.1, 0.15) is 12.5 Å². The Morgan fingerprint density at radius 2 is 2.20 bits per heavy atom. The molecular formula is C14H21ClN2O3. The number of nitrogens with zero attached hydrogens (tertiary/aromatic N) is 1. The van der Waals surface area contributed by atoms with Crippen LogP contribution in [0.25, 0.3) is 0 Å². The predicted molar refractivity (Wildman–Crippen MR) is 80.5 cm³/mol. The number of nitrogens with one attached hydrogen (secondary N) is 1. The number of likely N-dealkylation sites (N-methyl/N-ethyl adjacent to an activating group) is 1. The molecule has 0 aliphatic carbocycles. The van der Waals surface area contributed by atoms with Crippen molar-refractivity contribution in [1.29, 1.82) is 0 Å². The van der Waals surface area contributed by atoms with E-state index in [0.29, 0.717) is 23.0 Å². The van der Waals surface area contributed by atoms with Gasteiger partial charge in [0.1, 0.15) is 5.75 Å². The normalized spacial score (nSPS) is 12.3. The maximum absolute atomic E-state index is 12.2. The maximum atomic E-state index is 12.2. The molecule has 0 bridgehead atoms. The molecule has 0 aliphatic rings. The van der Waals surface area contributed by atoms with Gasteiger partial charge in [0.05, 0.1) is 25.4 Å². The number of rotatable bonds is 6. The molecule has 0 radical (unpaired) electrons. The Morgan fingerprint density at radius 3 is 2.75 bits per heavy atom. The first-order chi connectivity index (χ1) is 9.40. The van der Waals surface area contributed by atoms with Crippen molar-refractivity contribution in [1.82, 2.24) is 4.90 Å². The number of ether oxygens (including phenoxy) is 1. The van der Waals surface area contributed by atoms with Gasteiger partial charge in [0, 0.05) is 17.6 Å². The highest BCUT2D eigenvalue weighted by molar-refractivity contribution is 6.31. The summed E-state index contributed by atoms with van der Waals surface area (Å²) < 4.78 is 5.22. The molecule has 1 amide bonds. The number of carbonyl (C=O) groups excluding carboxylic acids is 1. The number of benzene rings is 1.